The lowest BCUT2D eigenvalue weighted by Crippen LogP contribution is -2.47. The first kappa shape index (κ1) is 28.8. The van der Waals surface area contributed by atoms with Crippen molar-refractivity contribution >= 4 is 11.8 Å². The molecule has 2 aromatic heterocycles. The molecule has 1 unspecified atom stereocenters. The Balaban J connectivity index is 1.43. The lowest BCUT2D eigenvalue weighted by atomic mass is 9.94. The van der Waals surface area contributed by atoms with E-state index in [4.69, 9.17) is 13.9 Å². The molecule has 0 saturated heterocycles. The molecule has 1 atom stereocenters. The summed E-state index contributed by atoms with van der Waals surface area (Å²) in [5, 5.41) is 15.7. The standard InChI is InChI=1S/C30H33FN6O5/c1-40-25-15-12-21(17-26(25)41-2)29-33-35-37(34-29)19-27(38)36(18-24-9-6-16-42-24)28(20-10-13-22(31)14-11-20)30(39)32-23-7-4-3-5-8-23/h6,9-17,23,28H,3-5,7-8,18-19H2,1-2H3,(H,32,39). The number of furan rings is 1. The summed E-state index contributed by atoms with van der Waals surface area (Å²) in [6.45, 7) is -0.293. The Bertz CT molecular complexity index is 1480. The Morgan fingerprint density at radius 2 is 1.83 bits per heavy atom. The van der Waals surface area contributed by atoms with E-state index in [1.54, 1.807) is 37.4 Å². The smallest absolute Gasteiger partial charge is 0.247 e. The summed E-state index contributed by atoms with van der Waals surface area (Å²) in [5.41, 5.74) is 1.09. The molecular formula is C30H33FN6O5. The van der Waals surface area contributed by atoms with E-state index in [2.05, 4.69) is 20.7 Å². The van der Waals surface area contributed by atoms with Gasteiger partial charge in [-0.25, -0.2) is 4.39 Å². The van der Waals surface area contributed by atoms with E-state index in [9.17, 15) is 14.0 Å². The number of carbonyl (C=O) groups is 2. The minimum Gasteiger partial charge on any atom is -0.493 e. The van der Waals surface area contributed by atoms with Gasteiger partial charge >= 0.3 is 0 Å². The highest BCUT2D eigenvalue weighted by Gasteiger charge is 2.34. The van der Waals surface area contributed by atoms with Crippen LogP contribution in [0.3, 0.4) is 0 Å². The molecule has 2 heterocycles. The fraction of sp³-hybridized carbons (Fsp3) is 0.367. The van der Waals surface area contributed by atoms with Gasteiger partial charge in [-0.3, -0.25) is 9.59 Å². The van der Waals surface area contributed by atoms with Crippen LogP contribution >= 0.6 is 0 Å². The molecule has 0 bridgehead atoms. The van der Waals surface area contributed by atoms with Crippen molar-refractivity contribution in [3.63, 3.8) is 0 Å². The minimum atomic E-state index is -1.04. The van der Waals surface area contributed by atoms with Crippen LogP contribution in [0, 0.1) is 5.82 Å². The molecule has 11 nitrogen and oxygen atoms in total. The van der Waals surface area contributed by atoms with Gasteiger partial charge in [0.25, 0.3) is 0 Å². The summed E-state index contributed by atoms with van der Waals surface area (Å²) in [6.07, 6.45) is 6.43. The van der Waals surface area contributed by atoms with Crippen molar-refractivity contribution in [3.05, 3.63) is 78.0 Å². The van der Waals surface area contributed by atoms with Gasteiger partial charge in [0.1, 0.15) is 24.2 Å². The fourth-order valence-corrected chi connectivity index (χ4v) is 5.15. The molecule has 1 saturated carbocycles. The molecule has 1 aliphatic carbocycles. The Morgan fingerprint density at radius 1 is 1.07 bits per heavy atom. The molecule has 220 valence electrons. The molecule has 12 heteroatoms. The number of carbonyl (C=O) groups excluding carboxylic acids is 2. The number of nitrogens with one attached hydrogen (secondary N) is 1. The zero-order valence-electron chi connectivity index (χ0n) is 23.5. The average Bonchev–Trinajstić information content (AvgIpc) is 3.70. The second-order valence-electron chi connectivity index (χ2n) is 10.1. The second kappa shape index (κ2) is 13.3. The van der Waals surface area contributed by atoms with Crippen LogP contribution in [-0.2, 0) is 22.7 Å². The van der Waals surface area contributed by atoms with Crippen molar-refractivity contribution in [2.24, 2.45) is 0 Å². The third-order valence-electron chi connectivity index (χ3n) is 7.30. The first-order chi connectivity index (χ1) is 20.4. The van der Waals surface area contributed by atoms with E-state index in [1.165, 1.54) is 47.3 Å². The van der Waals surface area contributed by atoms with Crippen LogP contribution in [-0.4, -0.2) is 57.2 Å². The highest BCUT2D eigenvalue weighted by molar-refractivity contribution is 5.88. The maximum absolute atomic E-state index is 13.9. The number of hydrogen-bond donors (Lipinski definition) is 1. The van der Waals surface area contributed by atoms with Crippen LogP contribution in [0.5, 0.6) is 11.5 Å². The molecule has 1 aliphatic rings. The lowest BCUT2D eigenvalue weighted by molar-refractivity contribution is -0.143. The van der Waals surface area contributed by atoms with Gasteiger partial charge in [-0.15, -0.1) is 10.2 Å². The number of tetrazole rings is 1. The van der Waals surface area contributed by atoms with Crippen molar-refractivity contribution in [1.82, 2.24) is 30.4 Å². The first-order valence-electron chi connectivity index (χ1n) is 13.8. The monoisotopic (exact) mass is 576 g/mol. The summed E-state index contributed by atoms with van der Waals surface area (Å²) >= 11 is 0. The normalized spacial score (nSPS) is 14.3. The van der Waals surface area contributed by atoms with E-state index in [0.29, 0.717) is 28.4 Å². The Labute approximate surface area is 242 Å². The molecular weight excluding hydrogens is 543 g/mol. The predicted octanol–water partition coefficient (Wildman–Crippen LogP) is 4.31. The Kier molecular flexibility index (Phi) is 9.10. The highest BCUT2D eigenvalue weighted by Crippen LogP contribution is 2.31. The number of ether oxygens (including phenoxy) is 2. The molecule has 0 aliphatic heterocycles. The summed E-state index contributed by atoms with van der Waals surface area (Å²) in [7, 11) is 3.07. The van der Waals surface area contributed by atoms with Crippen molar-refractivity contribution in [2.45, 2.75) is 57.3 Å². The van der Waals surface area contributed by atoms with Gasteiger partial charge in [0, 0.05) is 11.6 Å². The van der Waals surface area contributed by atoms with Gasteiger partial charge in [0.05, 0.1) is 27.0 Å². The van der Waals surface area contributed by atoms with Crippen LogP contribution in [0.4, 0.5) is 4.39 Å². The topological polar surface area (TPSA) is 125 Å². The van der Waals surface area contributed by atoms with Crippen LogP contribution in [0.2, 0.25) is 0 Å². The second-order valence-corrected chi connectivity index (χ2v) is 10.1. The molecule has 2 aromatic carbocycles. The third kappa shape index (κ3) is 6.76. The van der Waals surface area contributed by atoms with Gasteiger partial charge in [0.15, 0.2) is 11.5 Å². The molecule has 1 N–H and O–H groups in total. The number of hydrogen-bond acceptors (Lipinski definition) is 8. The average molecular weight is 577 g/mol. The zero-order chi connectivity index (χ0) is 29.5. The number of methoxy groups -OCH3 is 2. The molecule has 2 amide bonds. The van der Waals surface area contributed by atoms with Crippen molar-refractivity contribution in [3.8, 4) is 22.9 Å². The summed E-state index contributed by atoms with van der Waals surface area (Å²) in [5.74, 6) is 0.587. The van der Waals surface area contributed by atoms with Crippen molar-refractivity contribution < 1.29 is 27.9 Å². The number of halogens is 1. The largest absolute Gasteiger partial charge is 0.493 e. The summed E-state index contributed by atoms with van der Waals surface area (Å²) in [4.78, 5) is 30.3. The predicted molar refractivity (Wildman–Crippen MR) is 150 cm³/mol. The third-order valence-corrected chi connectivity index (χ3v) is 7.30. The zero-order valence-corrected chi connectivity index (χ0v) is 23.5. The SMILES string of the molecule is COc1ccc(-c2nnn(CC(=O)N(Cc3ccco3)C(C(=O)NC3CCCCC3)c3ccc(F)cc3)n2)cc1OC. The molecule has 0 radical (unpaired) electrons. The van der Waals surface area contributed by atoms with Crippen LogP contribution in [0.1, 0.15) is 49.5 Å². The van der Waals surface area contributed by atoms with Gasteiger partial charge in [-0.05, 0) is 66.1 Å². The molecule has 5 rings (SSSR count). The number of benzene rings is 2. The number of nitrogens with zero attached hydrogens (tertiary/aromatic N) is 5. The summed E-state index contributed by atoms with van der Waals surface area (Å²) < 4.78 is 30.1. The van der Waals surface area contributed by atoms with E-state index in [1.807, 2.05) is 0 Å². The van der Waals surface area contributed by atoms with Crippen molar-refractivity contribution in [2.75, 3.05) is 14.2 Å². The fourth-order valence-electron chi connectivity index (χ4n) is 5.15. The van der Waals surface area contributed by atoms with E-state index >= 15 is 0 Å². The van der Waals surface area contributed by atoms with Crippen LogP contribution < -0.4 is 14.8 Å². The number of amides is 2. The molecule has 0 spiro atoms. The van der Waals surface area contributed by atoms with E-state index < -0.39 is 17.8 Å². The van der Waals surface area contributed by atoms with Gasteiger partial charge in [-0.1, -0.05) is 31.4 Å². The number of rotatable bonds is 11. The maximum atomic E-state index is 13.9. The molecule has 42 heavy (non-hydrogen) atoms. The highest BCUT2D eigenvalue weighted by atomic mass is 19.1. The van der Waals surface area contributed by atoms with Gasteiger partial charge < -0.3 is 24.1 Å². The van der Waals surface area contributed by atoms with Crippen LogP contribution in [0.15, 0.2) is 65.3 Å². The Morgan fingerprint density at radius 3 is 2.52 bits per heavy atom. The first-order valence-corrected chi connectivity index (χ1v) is 13.8. The lowest BCUT2D eigenvalue weighted by Gasteiger charge is -2.33. The van der Waals surface area contributed by atoms with Gasteiger partial charge in [-0.2, -0.15) is 4.80 Å². The van der Waals surface area contributed by atoms with Crippen molar-refractivity contribution in [1.29, 1.82) is 0 Å². The molecule has 4 aromatic rings. The minimum absolute atomic E-state index is 0.00317. The van der Waals surface area contributed by atoms with Gasteiger partial charge in [0.2, 0.25) is 17.6 Å². The maximum Gasteiger partial charge on any atom is 0.247 e. The van der Waals surface area contributed by atoms with E-state index in [-0.39, 0.29) is 30.9 Å². The quantitative estimate of drug-likeness (QED) is 0.280. The summed E-state index contributed by atoms with van der Waals surface area (Å²) in [6, 6.07) is 13.2. The molecule has 1 fully saturated rings. The number of aromatic nitrogens is 4. The Hall–Kier alpha value is -4.74. The van der Waals surface area contributed by atoms with Crippen LogP contribution in [0.25, 0.3) is 11.4 Å². The van der Waals surface area contributed by atoms with E-state index in [0.717, 1.165) is 32.1 Å².